The first kappa shape index (κ1) is 26.0. The van der Waals surface area contributed by atoms with E-state index in [1.165, 1.54) is 18.7 Å². The molecule has 0 bridgehead atoms. The zero-order chi connectivity index (χ0) is 25.2. The molecular formula is C27H28BrN3O4. The molecule has 3 aromatic carbocycles. The monoisotopic (exact) mass is 537 g/mol. The molecule has 3 rings (SSSR count). The first-order valence-electron chi connectivity index (χ1n) is 11.2. The fraction of sp³-hybridized carbons (Fsp3) is 0.222. The van der Waals surface area contributed by atoms with Gasteiger partial charge in [0.25, 0.3) is 5.91 Å². The normalized spacial score (nSPS) is 11.7. The molecule has 2 amide bonds. The van der Waals surface area contributed by atoms with Crippen LogP contribution in [-0.4, -0.2) is 24.6 Å². The highest BCUT2D eigenvalue weighted by atomic mass is 79.9. The van der Waals surface area contributed by atoms with E-state index in [9.17, 15) is 9.59 Å². The van der Waals surface area contributed by atoms with Crippen molar-refractivity contribution >= 4 is 39.6 Å². The third-order valence-corrected chi connectivity index (χ3v) is 5.78. The van der Waals surface area contributed by atoms with Gasteiger partial charge in [-0.25, -0.2) is 5.43 Å². The highest BCUT2D eigenvalue weighted by molar-refractivity contribution is 9.10. The molecule has 35 heavy (non-hydrogen) atoms. The van der Waals surface area contributed by atoms with Crippen LogP contribution in [0.4, 0.5) is 5.69 Å². The van der Waals surface area contributed by atoms with Gasteiger partial charge in [0.15, 0.2) is 11.5 Å². The molecule has 8 heteroatoms. The number of nitrogens with zero attached hydrogens (tertiary/aromatic N) is 1. The molecule has 0 saturated heterocycles. The van der Waals surface area contributed by atoms with E-state index >= 15 is 0 Å². The topological polar surface area (TPSA) is 89.0 Å². The highest BCUT2D eigenvalue weighted by Crippen LogP contribution is 2.29. The van der Waals surface area contributed by atoms with E-state index in [4.69, 9.17) is 9.47 Å². The Morgan fingerprint density at radius 1 is 1.00 bits per heavy atom. The summed E-state index contributed by atoms with van der Waals surface area (Å²) in [5.74, 6) is -0.690. The zero-order valence-electron chi connectivity index (χ0n) is 19.9. The fourth-order valence-electron chi connectivity index (χ4n) is 3.03. The molecule has 0 aromatic heterocycles. The summed E-state index contributed by atoms with van der Waals surface area (Å²) in [4.78, 5) is 24.8. The van der Waals surface area contributed by atoms with E-state index in [2.05, 4.69) is 31.8 Å². The fourth-order valence-corrected chi connectivity index (χ4v) is 3.41. The number of ether oxygens (including phenoxy) is 2. The lowest BCUT2D eigenvalue weighted by Gasteiger charge is -2.13. The number of rotatable bonds is 10. The summed E-state index contributed by atoms with van der Waals surface area (Å²) in [5, 5.41) is 6.72. The largest absolute Gasteiger partial charge is 0.490 e. The summed E-state index contributed by atoms with van der Waals surface area (Å²) in [5.41, 5.74) is 5.97. The van der Waals surface area contributed by atoms with Gasteiger partial charge in [-0.2, -0.15) is 5.10 Å². The molecule has 0 spiro atoms. The summed E-state index contributed by atoms with van der Waals surface area (Å²) < 4.78 is 12.4. The van der Waals surface area contributed by atoms with Crippen molar-refractivity contribution in [2.24, 2.45) is 11.0 Å². The van der Waals surface area contributed by atoms with Crippen molar-refractivity contribution in [3.05, 3.63) is 87.9 Å². The molecule has 182 valence electrons. The summed E-state index contributed by atoms with van der Waals surface area (Å²) in [6.07, 6.45) is 1.49. The van der Waals surface area contributed by atoms with Crippen molar-refractivity contribution in [1.29, 1.82) is 0 Å². The Morgan fingerprint density at radius 2 is 1.74 bits per heavy atom. The number of para-hydroxylation sites is 1. The average Bonchev–Trinajstić information content (AvgIpc) is 2.85. The molecule has 0 fully saturated rings. The third kappa shape index (κ3) is 7.68. The van der Waals surface area contributed by atoms with Crippen molar-refractivity contribution in [2.75, 3.05) is 11.9 Å². The van der Waals surface area contributed by atoms with E-state index < -0.39 is 17.7 Å². The standard InChI is InChI=1S/C27H28BrN3O4/c1-4-34-25-15-21(13-14-24(25)35-17-20-11-9-18(2)10-12-20)16-29-31-27(33)19(3)26(32)30-23-8-6-5-7-22(23)28/h5-16,19H,4,17H2,1-3H3,(H,30,32)(H,31,33). The zero-order valence-corrected chi connectivity index (χ0v) is 21.5. The van der Waals surface area contributed by atoms with Crippen LogP contribution < -0.4 is 20.2 Å². The van der Waals surface area contributed by atoms with Gasteiger partial charge in [0.1, 0.15) is 12.5 Å². The molecular weight excluding hydrogens is 510 g/mol. The lowest BCUT2D eigenvalue weighted by molar-refractivity contribution is -0.131. The minimum atomic E-state index is -0.934. The number of hydrazone groups is 1. The summed E-state index contributed by atoms with van der Waals surface area (Å²) in [6.45, 7) is 6.35. The van der Waals surface area contributed by atoms with Crippen LogP contribution in [0.25, 0.3) is 0 Å². The van der Waals surface area contributed by atoms with Crippen molar-refractivity contribution in [2.45, 2.75) is 27.4 Å². The van der Waals surface area contributed by atoms with Gasteiger partial charge in [-0.3, -0.25) is 9.59 Å². The molecule has 0 radical (unpaired) electrons. The van der Waals surface area contributed by atoms with Crippen molar-refractivity contribution in [3.8, 4) is 11.5 Å². The number of nitrogens with one attached hydrogen (secondary N) is 2. The molecule has 0 aliphatic heterocycles. The van der Waals surface area contributed by atoms with Crippen LogP contribution in [0, 0.1) is 12.8 Å². The van der Waals surface area contributed by atoms with Gasteiger partial charge >= 0.3 is 0 Å². The molecule has 0 heterocycles. The number of hydrogen-bond acceptors (Lipinski definition) is 5. The van der Waals surface area contributed by atoms with Gasteiger partial charge in [0.2, 0.25) is 5.91 Å². The van der Waals surface area contributed by atoms with Crippen LogP contribution in [0.5, 0.6) is 11.5 Å². The van der Waals surface area contributed by atoms with Crippen LogP contribution in [-0.2, 0) is 16.2 Å². The molecule has 2 N–H and O–H groups in total. The van der Waals surface area contributed by atoms with Gasteiger partial charge in [0, 0.05) is 4.47 Å². The first-order chi connectivity index (χ1) is 16.9. The Morgan fingerprint density at radius 3 is 2.46 bits per heavy atom. The minimum Gasteiger partial charge on any atom is -0.490 e. The average molecular weight is 538 g/mol. The molecule has 3 aromatic rings. The quantitative estimate of drug-likeness (QED) is 0.204. The number of carbonyl (C=O) groups excluding carboxylic acids is 2. The highest BCUT2D eigenvalue weighted by Gasteiger charge is 2.21. The van der Waals surface area contributed by atoms with Crippen LogP contribution in [0.15, 0.2) is 76.3 Å². The van der Waals surface area contributed by atoms with Crippen LogP contribution in [0.2, 0.25) is 0 Å². The van der Waals surface area contributed by atoms with E-state index in [1.807, 2.05) is 50.2 Å². The Labute approximate surface area is 213 Å². The summed E-state index contributed by atoms with van der Waals surface area (Å²) >= 11 is 3.37. The number of anilines is 1. The second kappa shape index (κ2) is 12.7. The maximum absolute atomic E-state index is 12.4. The molecule has 1 unspecified atom stereocenters. The Hall–Kier alpha value is -3.65. The minimum absolute atomic E-state index is 0.420. The van der Waals surface area contributed by atoms with Crippen LogP contribution >= 0.6 is 15.9 Å². The lowest BCUT2D eigenvalue weighted by Crippen LogP contribution is -2.34. The van der Waals surface area contributed by atoms with E-state index in [0.29, 0.717) is 36.0 Å². The predicted octanol–water partition coefficient (Wildman–Crippen LogP) is 5.46. The van der Waals surface area contributed by atoms with Gasteiger partial charge in [0.05, 0.1) is 18.5 Å². The third-order valence-electron chi connectivity index (χ3n) is 5.09. The van der Waals surface area contributed by atoms with Crippen LogP contribution in [0.3, 0.4) is 0 Å². The predicted molar refractivity (Wildman–Crippen MR) is 141 cm³/mol. The van der Waals surface area contributed by atoms with Gasteiger partial charge in [-0.1, -0.05) is 42.0 Å². The summed E-state index contributed by atoms with van der Waals surface area (Å²) in [6, 6.07) is 20.7. The molecule has 7 nitrogen and oxygen atoms in total. The molecule has 1 atom stereocenters. The Bertz CT molecular complexity index is 1200. The SMILES string of the molecule is CCOc1cc(C=NNC(=O)C(C)C(=O)Nc2ccccc2Br)ccc1OCc1ccc(C)cc1. The Balaban J connectivity index is 1.58. The number of benzene rings is 3. The van der Waals surface area contributed by atoms with E-state index in [-0.39, 0.29) is 0 Å². The molecule has 0 aliphatic rings. The lowest BCUT2D eigenvalue weighted by atomic mass is 10.1. The van der Waals surface area contributed by atoms with Crippen molar-refractivity contribution in [1.82, 2.24) is 5.43 Å². The second-order valence-corrected chi connectivity index (χ2v) is 8.69. The number of aryl methyl sites for hydroxylation is 1. The van der Waals surface area contributed by atoms with Gasteiger partial charge < -0.3 is 14.8 Å². The summed E-state index contributed by atoms with van der Waals surface area (Å²) in [7, 11) is 0. The number of hydrogen-bond donors (Lipinski definition) is 2. The first-order valence-corrected chi connectivity index (χ1v) is 12.0. The number of halogens is 1. The van der Waals surface area contributed by atoms with Gasteiger partial charge in [-0.05, 0) is 78.2 Å². The maximum Gasteiger partial charge on any atom is 0.252 e. The van der Waals surface area contributed by atoms with E-state index in [1.54, 1.807) is 30.3 Å². The van der Waals surface area contributed by atoms with Crippen molar-refractivity contribution in [3.63, 3.8) is 0 Å². The smallest absolute Gasteiger partial charge is 0.252 e. The number of amides is 2. The van der Waals surface area contributed by atoms with E-state index in [0.717, 1.165) is 10.0 Å². The van der Waals surface area contributed by atoms with Crippen molar-refractivity contribution < 1.29 is 19.1 Å². The van der Waals surface area contributed by atoms with Gasteiger partial charge in [-0.15, -0.1) is 0 Å². The Kier molecular flexibility index (Phi) is 9.43. The maximum atomic E-state index is 12.4. The molecule has 0 saturated carbocycles. The second-order valence-electron chi connectivity index (χ2n) is 7.84. The number of carbonyl (C=O) groups is 2. The molecule has 0 aliphatic carbocycles. The van der Waals surface area contributed by atoms with Crippen LogP contribution in [0.1, 0.15) is 30.5 Å².